The average molecular weight is 397 g/mol. The Morgan fingerprint density at radius 2 is 2.05 bits per heavy atom. The van der Waals surface area contributed by atoms with Crippen molar-refractivity contribution < 1.29 is 14.0 Å². The number of hydrazone groups is 1. The van der Waals surface area contributed by atoms with Gasteiger partial charge in [0.1, 0.15) is 5.76 Å². The predicted octanol–water partition coefficient (Wildman–Crippen LogP) is 1.76. The van der Waals surface area contributed by atoms with Gasteiger partial charge in [-0.3, -0.25) is 9.59 Å². The fourth-order valence-corrected chi connectivity index (χ4v) is 2.11. The fourth-order valence-electron chi connectivity index (χ4n) is 1.47. The molecule has 1 aromatic heterocycles. The minimum Gasteiger partial charge on any atom is -0.463 e. The van der Waals surface area contributed by atoms with E-state index in [1.54, 1.807) is 24.3 Å². The number of nitrogens with one attached hydrogen (secondary N) is 2. The molecule has 2 rings (SSSR count). The Morgan fingerprint density at radius 1 is 1.24 bits per heavy atom. The number of nitrogens with zero attached hydrogens (tertiary/aromatic N) is 1. The normalized spacial score (nSPS) is 10.5. The zero-order chi connectivity index (χ0) is 15.1. The third kappa shape index (κ3) is 4.71. The highest BCUT2D eigenvalue weighted by atomic mass is 127. The van der Waals surface area contributed by atoms with Crippen molar-refractivity contribution in [3.8, 4) is 0 Å². The van der Waals surface area contributed by atoms with Crippen LogP contribution >= 0.6 is 22.6 Å². The van der Waals surface area contributed by atoms with Crippen molar-refractivity contribution in [2.24, 2.45) is 5.10 Å². The molecule has 6 nitrogen and oxygen atoms in total. The summed E-state index contributed by atoms with van der Waals surface area (Å²) in [6, 6.07) is 10.5. The van der Waals surface area contributed by atoms with E-state index in [2.05, 4.69) is 38.4 Å². The van der Waals surface area contributed by atoms with Gasteiger partial charge in [0.15, 0.2) is 0 Å². The van der Waals surface area contributed by atoms with Crippen LogP contribution in [0.3, 0.4) is 0 Å². The minimum atomic E-state index is -0.419. The van der Waals surface area contributed by atoms with Crippen LogP contribution in [0.1, 0.15) is 16.1 Å². The van der Waals surface area contributed by atoms with Crippen LogP contribution in [-0.2, 0) is 4.79 Å². The molecule has 0 fully saturated rings. The molecule has 21 heavy (non-hydrogen) atoms. The van der Waals surface area contributed by atoms with Crippen molar-refractivity contribution in [3.05, 3.63) is 57.6 Å². The van der Waals surface area contributed by atoms with Crippen LogP contribution in [0.2, 0.25) is 0 Å². The first-order valence-electron chi connectivity index (χ1n) is 6.05. The van der Waals surface area contributed by atoms with Crippen LogP contribution in [-0.4, -0.2) is 24.6 Å². The van der Waals surface area contributed by atoms with Gasteiger partial charge in [-0.1, -0.05) is 12.1 Å². The lowest BCUT2D eigenvalue weighted by molar-refractivity contribution is -0.120. The van der Waals surface area contributed by atoms with Gasteiger partial charge in [0, 0.05) is 3.57 Å². The van der Waals surface area contributed by atoms with E-state index in [1.807, 2.05) is 12.1 Å². The summed E-state index contributed by atoms with van der Waals surface area (Å²) in [4.78, 5) is 23.4. The van der Waals surface area contributed by atoms with Gasteiger partial charge in [0.25, 0.3) is 11.8 Å². The average Bonchev–Trinajstić information content (AvgIpc) is 2.98. The van der Waals surface area contributed by atoms with Crippen molar-refractivity contribution >= 4 is 40.6 Å². The highest BCUT2D eigenvalue weighted by Gasteiger charge is 2.10. The SMILES string of the molecule is O=C(CNC(=O)c1ccccc1I)N/N=C\c1ccco1. The topological polar surface area (TPSA) is 83.7 Å². The molecule has 1 heterocycles. The molecule has 2 aromatic rings. The Kier molecular flexibility index (Phi) is 5.50. The number of amides is 2. The van der Waals surface area contributed by atoms with Gasteiger partial charge < -0.3 is 9.73 Å². The molecule has 0 aliphatic heterocycles. The molecular weight excluding hydrogens is 385 g/mol. The Balaban J connectivity index is 1.79. The van der Waals surface area contributed by atoms with E-state index < -0.39 is 5.91 Å². The van der Waals surface area contributed by atoms with Crippen LogP contribution in [0.25, 0.3) is 0 Å². The zero-order valence-electron chi connectivity index (χ0n) is 10.9. The number of hydrogen-bond donors (Lipinski definition) is 2. The van der Waals surface area contributed by atoms with Gasteiger partial charge in [-0.15, -0.1) is 0 Å². The summed E-state index contributed by atoms with van der Waals surface area (Å²) in [5.41, 5.74) is 2.83. The molecule has 0 saturated carbocycles. The van der Waals surface area contributed by atoms with E-state index in [4.69, 9.17) is 4.42 Å². The number of carbonyl (C=O) groups excluding carboxylic acids is 2. The summed E-state index contributed by atoms with van der Waals surface area (Å²) in [6.45, 7) is -0.153. The highest BCUT2D eigenvalue weighted by molar-refractivity contribution is 14.1. The Hall–Kier alpha value is -2.16. The molecule has 0 saturated heterocycles. The van der Waals surface area contributed by atoms with Gasteiger partial charge in [0.05, 0.1) is 24.6 Å². The second kappa shape index (κ2) is 7.58. The van der Waals surface area contributed by atoms with Crippen molar-refractivity contribution in [1.29, 1.82) is 0 Å². The monoisotopic (exact) mass is 397 g/mol. The molecule has 0 bridgehead atoms. The summed E-state index contributed by atoms with van der Waals surface area (Å²) < 4.78 is 5.84. The van der Waals surface area contributed by atoms with Crippen molar-refractivity contribution in [2.45, 2.75) is 0 Å². The lowest BCUT2D eigenvalue weighted by Gasteiger charge is -2.05. The van der Waals surface area contributed by atoms with Crippen LogP contribution in [0.4, 0.5) is 0 Å². The lowest BCUT2D eigenvalue weighted by Crippen LogP contribution is -2.35. The smallest absolute Gasteiger partial charge is 0.259 e. The molecule has 0 atom stereocenters. The Labute approximate surface area is 134 Å². The highest BCUT2D eigenvalue weighted by Crippen LogP contribution is 2.10. The number of carbonyl (C=O) groups is 2. The molecule has 0 aliphatic rings. The standard InChI is InChI=1S/C14H12IN3O3/c15-12-6-2-1-5-11(12)14(20)16-9-13(19)18-17-8-10-4-3-7-21-10/h1-8H,9H2,(H,16,20)(H,18,19)/b17-8-. The molecule has 7 heteroatoms. The summed E-state index contributed by atoms with van der Waals surface area (Å²) in [5.74, 6) is -0.194. The van der Waals surface area contributed by atoms with Crippen molar-refractivity contribution in [3.63, 3.8) is 0 Å². The van der Waals surface area contributed by atoms with Crippen molar-refractivity contribution in [2.75, 3.05) is 6.54 Å². The number of benzene rings is 1. The van der Waals surface area contributed by atoms with E-state index in [9.17, 15) is 9.59 Å². The summed E-state index contributed by atoms with van der Waals surface area (Å²) in [5, 5.41) is 6.24. The van der Waals surface area contributed by atoms with Crippen LogP contribution in [0.15, 0.2) is 52.2 Å². The first kappa shape index (κ1) is 15.2. The molecule has 0 aliphatic carbocycles. The summed E-state index contributed by atoms with van der Waals surface area (Å²) in [6.07, 6.45) is 2.88. The van der Waals surface area contributed by atoms with Crippen molar-refractivity contribution in [1.82, 2.24) is 10.7 Å². The molecule has 0 spiro atoms. The number of hydrogen-bond acceptors (Lipinski definition) is 4. The molecule has 108 valence electrons. The molecule has 2 N–H and O–H groups in total. The lowest BCUT2D eigenvalue weighted by atomic mass is 10.2. The number of rotatable bonds is 5. The van der Waals surface area contributed by atoms with Gasteiger partial charge in [-0.25, -0.2) is 5.43 Å². The number of furan rings is 1. The van der Waals surface area contributed by atoms with Gasteiger partial charge in [-0.05, 0) is 46.9 Å². The van der Waals surface area contributed by atoms with E-state index >= 15 is 0 Å². The van der Waals surface area contributed by atoms with Crippen LogP contribution < -0.4 is 10.7 Å². The second-order valence-corrected chi connectivity index (χ2v) is 5.13. The first-order chi connectivity index (χ1) is 10.2. The van der Waals surface area contributed by atoms with Crippen LogP contribution in [0, 0.1) is 3.57 Å². The van der Waals surface area contributed by atoms with Crippen LogP contribution in [0.5, 0.6) is 0 Å². The molecule has 0 unspecified atom stereocenters. The Bertz CT molecular complexity index is 653. The van der Waals surface area contributed by atoms with E-state index in [0.29, 0.717) is 11.3 Å². The fraction of sp³-hybridized carbons (Fsp3) is 0.0714. The third-order valence-corrected chi connectivity index (χ3v) is 3.39. The summed E-state index contributed by atoms with van der Waals surface area (Å²) >= 11 is 2.07. The maximum Gasteiger partial charge on any atom is 0.259 e. The third-order valence-electron chi connectivity index (χ3n) is 2.45. The maximum atomic E-state index is 11.9. The predicted molar refractivity (Wildman–Crippen MR) is 85.9 cm³/mol. The molecule has 0 radical (unpaired) electrons. The molecular formula is C14H12IN3O3. The first-order valence-corrected chi connectivity index (χ1v) is 7.13. The molecule has 2 amide bonds. The zero-order valence-corrected chi connectivity index (χ0v) is 13.0. The quantitative estimate of drug-likeness (QED) is 0.458. The van der Waals surface area contributed by atoms with E-state index in [0.717, 1.165) is 3.57 Å². The molecule has 1 aromatic carbocycles. The Morgan fingerprint density at radius 3 is 2.76 bits per heavy atom. The maximum absolute atomic E-state index is 11.9. The number of halogens is 1. The summed E-state index contributed by atoms with van der Waals surface area (Å²) in [7, 11) is 0. The van der Waals surface area contributed by atoms with E-state index in [-0.39, 0.29) is 12.5 Å². The second-order valence-electron chi connectivity index (χ2n) is 3.97. The van der Waals surface area contributed by atoms with Gasteiger partial charge >= 0.3 is 0 Å². The largest absolute Gasteiger partial charge is 0.463 e. The minimum absolute atomic E-state index is 0.153. The van der Waals surface area contributed by atoms with E-state index in [1.165, 1.54) is 12.5 Å². The van der Waals surface area contributed by atoms with Gasteiger partial charge in [-0.2, -0.15) is 5.10 Å². The van der Waals surface area contributed by atoms with Gasteiger partial charge in [0.2, 0.25) is 0 Å².